The maximum atomic E-state index is 12.3. The standard InChI is InChI=1S/C19H20N2O6/c22-16(12-27-13-5-2-1-3-6-13)20-18-15(9-8-14-7-4-10-26-14)21(19(18)25)11-17(23)24/h1-7,10,15,18H,8-9,11-12H2,(H,20,22)(H,23,24)/t15-,18+/m0/s1. The van der Waals surface area contributed by atoms with E-state index in [2.05, 4.69) is 5.32 Å². The fraction of sp³-hybridized carbons (Fsp3) is 0.316. The fourth-order valence-electron chi connectivity index (χ4n) is 3.05. The van der Waals surface area contributed by atoms with Gasteiger partial charge in [0, 0.05) is 6.42 Å². The molecular weight excluding hydrogens is 352 g/mol. The lowest BCUT2D eigenvalue weighted by Gasteiger charge is -2.46. The van der Waals surface area contributed by atoms with Crippen molar-refractivity contribution in [2.24, 2.45) is 0 Å². The molecule has 1 aromatic carbocycles. The van der Waals surface area contributed by atoms with Crippen LogP contribution in [0.2, 0.25) is 0 Å². The second kappa shape index (κ2) is 8.39. The van der Waals surface area contributed by atoms with Crippen LogP contribution < -0.4 is 10.1 Å². The minimum Gasteiger partial charge on any atom is -0.484 e. The molecule has 142 valence electrons. The molecular formula is C19H20N2O6. The van der Waals surface area contributed by atoms with Crippen LogP contribution in [0.5, 0.6) is 5.75 Å². The molecule has 1 aromatic heterocycles. The van der Waals surface area contributed by atoms with Crippen molar-refractivity contribution in [3.8, 4) is 5.75 Å². The summed E-state index contributed by atoms with van der Waals surface area (Å²) < 4.78 is 10.6. The van der Waals surface area contributed by atoms with E-state index >= 15 is 0 Å². The van der Waals surface area contributed by atoms with Gasteiger partial charge in [0.2, 0.25) is 5.91 Å². The van der Waals surface area contributed by atoms with Crippen molar-refractivity contribution in [1.29, 1.82) is 0 Å². The second-order valence-electron chi connectivity index (χ2n) is 6.19. The molecule has 0 radical (unpaired) electrons. The first-order chi connectivity index (χ1) is 13.0. The van der Waals surface area contributed by atoms with Gasteiger partial charge in [-0.15, -0.1) is 0 Å². The minimum atomic E-state index is -1.09. The van der Waals surface area contributed by atoms with Gasteiger partial charge in [0.15, 0.2) is 6.61 Å². The summed E-state index contributed by atoms with van der Waals surface area (Å²) in [5.74, 6) is -0.648. The number of ether oxygens (including phenoxy) is 1. The molecule has 27 heavy (non-hydrogen) atoms. The Morgan fingerprint density at radius 2 is 1.96 bits per heavy atom. The van der Waals surface area contributed by atoms with Crippen LogP contribution in [0.3, 0.4) is 0 Å². The van der Waals surface area contributed by atoms with E-state index in [1.807, 2.05) is 12.1 Å². The normalized spacial score (nSPS) is 18.7. The number of nitrogens with one attached hydrogen (secondary N) is 1. The third kappa shape index (κ3) is 4.66. The zero-order chi connectivity index (χ0) is 19.2. The van der Waals surface area contributed by atoms with Crippen molar-refractivity contribution in [3.05, 3.63) is 54.5 Å². The molecule has 1 saturated heterocycles. The molecule has 3 rings (SSSR count). The molecule has 1 aliphatic rings. The van der Waals surface area contributed by atoms with Crippen LogP contribution in [0.1, 0.15) is 12.2 Å². The lowest BCUT2D eigenvalue weighted by atomic mass is 9.90. The molecule has 2 aromatic rings. The quantitative estimate of drug-likeness (QED) is 0.638. The number of furan rings is 1. The number of β-lactam (4-membered cyclic amide) rings is 1. The molecule has 2 amide bonds. The number of aliphatic carboxylic acids is 1. The van der Waals surface area contributed by atoms with Gasteiger partial charge in [-0.05, 0) is 30.7 Å². The molecule has 2 N–H and O–H groups in total. The third-order valence-corrected chi connectivity index (χ3v) is 4.34. The van der Waals surface area contributed by atoms with Gasteiger partial charge in [-0.1, -0.05) is 18.2 Å². The van der Waals surface area contributed by atoms with E-state index in [-0.39, 0.29) is 6.61 Å². The summed E-state index contributed by atoms with van der Waals surface area (Å²) >= 11 is 0. The van der Waals surface area contributed by atoms with Gasteiger partial charge < -0.3 is 24.5 Å². The van der Waals surface area contributed by atoms with Crippen LogP contribution in [-0.2, 0) is 20.8 Å². The van der Waals surface area contributed by atoms with Crippen molar-refractivity contribution in [2.45, 2.75) is 24.9 Å². The van der Waals surface area contributed by atoms with Gasteiger partial charge in [0.1, 0.15) is 24.1 Å². The van der Waals surface area contributed by atoms with Gasteiger partial charge in [0.05, 0.1) is 12.3 Å². The summed E-state index contributed by atoms with van der Waals surface area (Å²) in [6.07, 6.45) is 2.57. The first kappa shape index (κ1) is 18.5. The van der Waals surface area contributed by atoms with E-state index in [0.29, 0.717) is 18.6 Å². The Morgan fingerprint density at radius 1 is 1.19 bits per heavy atom. The van der Waals surface area contributed by atoms with E-state index in [9.17, 15) is 14.4 Å². The minimum absolute atomic E-state index is 0.225. The number of hydrogen-bond acceptors (Lipinski definition) is 5. The lowest BCUT2D eigenvalue weighted by molar-refractivity contribution is -0.160. The summed E-state index contributed by atoms with van der Waals surface area (Å²) in [7, 11) is 0. The number of benzene rings is 1. The lowest BCUT2D eigenvalue weighted by Crippen LogP contribution is -2.71. The summed E-state index contributed by atoms with van der Waals surface area (Å²) in [4.78, 5) is 36.6. The van der Waals surface area contributed by atoms with Crippen molar-refractivity contribution >= 4 is 17.8 Å². The number of carboxylic acid groups (broad SMARTS) is 1. The highest BCUT2D eigenvalue weighted by molar-refractivity contribution is 5.95. The molecule has 1 fully saturated rings. The zero-order valence-electron chi connectivity index (χ0n) is 14.5. The predicted molar refractivity (Wildman–Crippen MR) is 94.0 cm³/mol. The average Bonchev–Trinajstić information content (AvgIpc) is 3.18. The van der Waals surface area contributed by atoms with Gasteiger partial charge in [-0.2, -0.15) is 0 Å². The van der Waals surface area contributed by atoms with Crippen molar-refractivity contribution in [3.63, 3.8) is 0 Å². The topological polar surface area (TPSA) is 109 Å². The molecule has 2 atom stereocenters. The molecule has 0 aliphatic carbocycles. The Morgan fingerprint density at radius 3 is 2.63 bits per heavy atom. The number of carbonyl (C=O) groups excluding carboxylic acids is 2. The maximum Gasteiger partial charge on any atom is 0.323 e. The first-order valence-corrected chi connectivity index (χ1v) is 8.56. The van der Waals surface area contributed by atoms with E-state index in [0.717, 1.165) is 5.76 Å². The molecule has 2 heterocycles. The SMILES string of the molecule is O=C(O)CN1C(=O)[C@H](NC(=O)COc2ccccc2)[C@@H]1CCc1ccco1. The molecule has 8 nitrogen and oxygen atoms in total. The summed E-state index contributed by atoms with van der Waals surface area (Å²) in [5.41, 5.74) is 0. The molecule has 0 saturated carbocycles. The predicted octanol–water partition coefficient (Wildman–Crippen LogP) is 1.07. The number of aryl methyl sites for hydroxylation is 1. The summed E-state index contributed by atoms with van der Waals surface area (Å²) in [5, 5.41) is 11.6. The van der Waals surface area contributed by atoms with Gasteiger partial charge in [0.25, 0.3) is 5.91 Å². The molecule has 1 aliphatic heterocycles. The Hall–Kier alpha value is -3.29. The van der Waals surface area contributed by atoms with Crippen LogP contribution in [0, 0.1) is 0 Å². The summed E-state index contributed by atoms with van der Waals surface area (Å²) in [6, 6.07) is 11.3. The third-order valence-electron chi connectivity index (χ3n) is 4.34. The molecule has 8 heteroatoms. The van der Waals surface area contributed by atoms with Crippen molar-refractivity contribution in [2.75, 3.05) is 13.2 Å². The van der Waals surface area contributed by atoms with Crippen LogP contribution in [0.15, 0.2) is 53.1 Å². The second-order valence-corrected chi connectivity index (χ2v) is 6.19. The zero-order valence-corrected chi connectivity index (χ0v) is 14.5. The highest BCUT2D eigenvalue weighted by Gasteiger charge is 2.48. The largest absolute Gasteiger partial charge is 0.484 e. The first-order valence-electron chi connectivity index (χ1n) is 8.56. The molecule has 0 unspecified atom stereocenters. The average molecular weight is 372 g/mol. The Balaban J connectivity index is 1.56. The van der Waals surface area contributed by atoms with E-state index in [4.69, 9.17) is 14.3 Å². The number of nitrogens with zero attached hydrogens (tertiary/aromatic N) is 1. The molecule has 0 bridgehead atoms. The Bertz CT molecular complexity index is 790. The number of amides is 2. The number of para-hydroxylation sites is 1. The van der Waals surface area contributed by atoms with Crippen LogP contribution in [-0.4, -0.2) is 53.0 Å². The van der Waals surface area contributed by atoms with E-state index < -0.39 is 36.4 Å². The fourth-order valence-corrected chi connectivity index (χ4v) is 3.05. The Labute approximate surface area is 155 Å². The van der Waals surface area contributed by atoms with E-state index in [1.165, 1.54) is 4.90 Å². The van der Waals surface area contributed by atoms with Crippen molar-refractivity contribution < 1.29 is 28.6 Å². The maximum absolute atomic E-state index is 12.3. The van der Waals surface area contributed by atoms with E-state index in [1.54, 1.807) is 36.6 Å². The Kier molecular flexibility index (Phi) is 5.75. The van der Waals surface area contributed by atoms with Crippen molar-refractivity contribution in [1.82, 2.24) is 10.2 Å². The van der Waals surface area contributed by atoms with Gasteiger partial charge >= 0.3 is 5.97 Å². The number of carboxylic acids is 1. The molecule has 0 spiro atoms. The summed E-state index contributed by atoms with van der Waals surface area (Å²) in [6.45, 7) is -0.619. The van der Waals surface area contributed by atoms with Crippen LogP contribution >= 0.6 is 0 Å². The highest BCUT2D eigenvalue weighted by Crippen LogP contribution is 2.24. The number of likely N-dealkylation sites (tertiary alicyclic amines) is 1. The van der Waals surface area contributed by atoms with Crippen LogP contribution in [0.4, 0.5) is 0 Å². The highest BCUT2D eigenvalue weighted by atomic mass is 16.5. The number of hydrogen-bond donors (Lipinski definition) is 2. The smallest absolute Gasteiger partial charge is 0.323 e. The van der Waals surface area contributed by atoms with Crippen LogP contribution in [0.25, 0.3) is 0 Å². The van der Waals surface area contributed by atoms with Gasteiger partial charge in [-0.3, -0.25) is 14.4 Å². The number of rotatable bonds is 9. The van der Waals surface area contributed by atoms with Gasteiger partial charge in [-0.25, -0.2) is 0 Å². The monoisotopic (exact) mass is 372 g/mol. The number of carbonyl (C=O) groups is 3.